The molecule has 3 heteroatoms. The first-order valence-corrected chi connectivity index (χ1v) is 8.06. The second-order valence-electron chi connectivity index (χ2n) is 6.58. The van der Waals surface area contributed by atoms with E-state index >= 15 is 0 Å². The molecular weight excluding hydrogens is 248 g/mol. The summed E-state index contributed by atoms with van der Waals surface area (Å²) in [4.78, 5) is 2.69. The van der Waals surface area contributed by atoms with E-state index in [9.17, 15) is 0 Å². The summed E-state index contributed by atoms with van der Waals surface area (Å²) in [6.07, 6.45) is 4.26. The number of hydrogen-bond donors (Lipinski definition) is 1. The lowest BCUT2D eigenvalue weighted by atomic mass is 10.0. The van der Waals surface area contributed by atoms with Gasteiger partial charge in [-0.3, -0.25) is 0 Å². The van der Waals surface area contributed by atoms with E-state index in [0.29, 0.717) is 5.92 Å². The van der Waals surface area contributed by atoms with Crippen molar-refractivity contribution in [3.63, 3.8) is 0 Å². The third kappa shape index (κ3) is 2.57. The summed E-state index contributed by atoms with van der Waals surface area (Å²) in [5, 5.41) is 3.68. The summed E-state index contributed by atoms with van der Waals surface area (Å²) >= 11 is 0. The third-order valence-corrected chi connectivity index (χ3v) is 5.00. The summed E-state index contributed by atoms with van der Waals surface area (Å²) in [5.41, 5.74) is 1.38. The number of para-hydroxylation sites is 1. The van der Waals surface area contributed by atoms with E-state index in [4.69, 9.17) is 4.74 Å². The van der Waals surface area contributed by atoms with Gasteiger partial charge in [-0.05, 0) is 44.3 Å². The average Bonchev–Trinajstić information content (AvgIpc) is 3.09. The summed E-state index contributed by atoms with van der Waals surface area (Å²) in [5.74, 6) is 2.47. The Morgan fingerprint density at radius 1 is 1.15 bits per heavy atom. The van der Waals surface area contributed by atoms with E-state index in [1.165, 1.54) is 44.5 Å². The number of hydrogen-bond acceptors (Lipinski definition) is 3. The molecule has 2 atom stereocenters. The van der Waals surface area contributed by atoms with Crippen LogP contribution in [0.2, 0.25) is 0 Å². The van der Waals surface area contributed by atoms with Crippen LogP contribution in [0, 0.1) is 5.92 Å². The fourth-order valence-corrected chi connectivity index (χ4v) is 3.66. The lowest BCUT2D eigenvalue weighted by Gasteiger charge is -2.16. The van der Waals surface area contributed by atoms with E-state index in [0.717, 1.165) is 30.9 Å². The van der Waals surface area contributed by atoms with Crippen molar-refractivity contribution in [3.8, 4) is 5.75 Å². The first-order valence-electron chi connectivity index (χ1n) is 8.06. The van der Waals surface area contributed by atoms with Crippen molar-refractivity contribution in [2.45, 2.75) is 31.2 Å². The smallest absolute Gasteiger partial charge is 0.122 e. The summed E-state index contributed by atoms with van der Waals surface area (Å²) < 4.78 is 5.74. The average molecular weight is 272 g/mol. The van der Waals surface area contributed by atoms with Gasteiger partial charge in [0, 0.05) is 30.6 Å². The topological polar surface area (TPSA) is 24.5 Å². The third-order valence-electron chi connectivity index (χ3n) is 5.00. The lowest BCUT2D eigenvalue weighted by Crippen LogP contribution is -2.30. The first-order chi connectivity index (χ1) is 9.90. The fraction of sp³-hybridized carbons (Fsp3) is 0.647. The molecule has 108 valence electrons. The van der Waals surface area contributed by atoms with E-state index in [-0.39, 0.29) is 0 Å². The fourth-order valence-electron chi connectivity index (χ4n) is 3.66. The van der Waals surface area contributed by atoms with Gasteiger partial charge in [-0.1, -0.05) is 18.2 Å². The molecule has 3 nitrogen and oxygen atoms in total. The minimum Gasteiger partial charge on any atom is -0.493 e. The Hall–Kier alpha value is -1.06. The number of nitrogens with one attached hydrogen (secondary N) is 1. The van der Waals surface area contributed by atoms with E-state index in [2.05, 4.69) is 34.5 Å². The summed E-state index contributed by atoms with van der Waals surface area (Å²) in [6, 6.07) is 9.40. The van der Waals surface area contributed by atoms with Gasteiger partial charge in [0.25, 0.3) is 0 Å². The molecular formula is C17H24N2O. The Morgan fingerprint density at radius 3 is 2.95 bits per heavy atom. The summed E-state index contributed by atoms with van der Waals surface area (Å²) in [6.45, 7) is 5.70. The van der Waals surface area contributed by atoms with Crippen molar-refractivity contribution in [1.82, 2.24) is 10.2 Å². The molecule has 0 amide bonds. The van der Waals surface area contributed by atoms with Crippen molar-refractivity contribution in [2.24, 2.45) is 5.92 Å². The van der Waals surface area contributed by atoms with Crippen LogP contribution in [0.4, 0.5) is 0 Å². The second kappa shape index (κ2) is 5.38. The van der Waals surface area contributed by atoms with Gasteiger partial charge in [0.05, 0.1) is 6.61 Å². The molecule has 2 fully saturated rings. The van der Waals surface area contributed by atoms with Gasteiger partial charge >= 0.3 is 0 Å². The van der Waals surface area contributed by atoms with Gasteiger partial charge in [0.15, 0.2) is 0 Å². The Balaban J connectivity index is 1.24. The Labute approximate surface area is 121 Å². The van der Waals surface area contributed by atoms with Crippen LogP contribution in [0.15, 0.2) is 24.3 Å². The molecule has 1 aromatic rings. The zero-order chi connectivity index (χ0) is 13.4. The number of ether oxygens (including phenoxy) is 1. The van der Waals surface area contributed by atoms with Gasteiger partial charge in [0.2, 0.25) is 0 Å². The molecule has 1 aromatic carbocycles. The van der Waals surface area contributed by atoms with Crippen LogP contribution in [-0.4, -0.2) is 43.7 Å². The molecule has 2 heterocycles. The van der Waals surface area contributed by atoms with E-state index < -0.39 is 0 Å². The predicted octanol–water partition coefficient (Wildman–Crippen LogP) is 2.24. The maximum absolute atomic E-state index is 5.74. The van der Waals surface area contributed by atoms with Gasteiger partial charge in [-0.25, -0.2) is 0 Å². The molecule has 20 heavy (non-hydrogen) atoms. The highest BCUT2D eigenvalue weighted by Crippen LogP contribution is 2.33. The zero-order valence-electron chi connectivity index (χ0n) is 12.1. The van der Waals surface area contributed by atoms with Crippen LogP contribution in [0.25, 0.3) is 0 Å². The number of nitrogens with zero attached hydrogens (tertiary/aromatic N) is 1. The van der Waals surface area contributed by atoms with Crippen LogP contribution in [0.5, 0.6) is 5.75 Å². The highest BCUT2D eigenvalue weighted by molar-refractivity contribution is 5.39. The standard InChI is InChI=1S/C17H24N2O/c1-2-4-17-16(3-1)14(12-20-17)10-18-9-13-7-8-19(11-13)15-5-6-15/h1-4,13-15,18H,5-12H2. The minimum absolute atomic E-state index is 0.534. The molecule has 3 aliphatic rings. The van der Waals surface area contributed by atoms with Crippen molar-refractivity contribution in [2.75, 3.05) is 32.8 Å². The monoisotopic (exact) mass is 272 g/mol. The number of fused-ring (bicyclic) bond motifs is 1. The molecule has 0 aromatic heterocycles. The van der Waals surface area contributed by atoms with Crippen LogP contribution < -0.4 is 10.1 Å². The maximum atomic E-state index is 5.74. The van der Waals surface area contributed by atoms with Crippen molar-refractivity contribution < 1.29 is 4.74 Å². The quantitative estimate of drug-likeness (QED) is 0.889. The Morgan fingerprint density at radius 2 is 2.05 bits per heavy atom. The molecule has 2 aliphatic heterocycles. The van der Waals surface area contributed by atoms with Gasteiger partial charge in [-0.15, -0.1) is 0 Å². The van der Waals surface area contributed by atoms with E-state index in [1.807, 2.05) is 0 Å². The molecule has 1 saturated carbocycles. The number of rotatable bonds is 5. The first kappa shape index (κ1) is 12.7. The molecule has 0 radical (unpaired) electrons. The molecule has 0 spiro atoms. The maximum Gasteiger partial charge on any atom is 0.122 e. The SMILES string of the molecule is c1ccc2c(c1)OCC2CNCC1CCN(C2CC2)C1. The predicted molar refractivity (Wildman–Crippen MR) is 80.2 cm³/mol. The van der Waals surface area contributed by atoms with Gasteiger partial charge in [-0.2, -0.15) is 0 Å². The molecule has 1 saturated heterocycles. The lowest BCUT2D eigenvalue weighted by molar-refractivity contribution is 0.307. The second-order valence-corrected chi connectivity index (χ2v) is 6.58. The van der Waals surface area contributed by atoms with Crippen LogP contribution in [0.3, 0.4) is 0 Å². The van der Waals surface area contributed by atoms with Crippen molar-refractivity contribution >= 4 is 0 Å². The molecule has 1 aliphatic carbocycles. The van der Waals surface area contributed by atoms with Crippen molar-refractivity contribution in [3.05, 3.63) is 29.8 Å². The number of likely N-dealkylation sites (tertiary alicyclic amines) is 1. The largest absolute Gasteiger partial charge is 0.493 e. The minimum atomic E-state index is 0.534. The molecule has 0 bridgehead atoms. The number of benzene rings is 1. The zero-order valence-corrected chi connectivity index (χ0v) is 12.1. The van der Waals surface area contributed by atoms with Crippen LogP contribution in [-0.2, 0) is 0 Å². The van der Waals surface area contributed by atoms with Gasteiger partial charge < -0.3 is 15.0 Å². The van der Waals surface area contributed by atoms with Crippen LogP contribution in [0.1, 0.15) is 30.7 Å². The highest BCUT2D eigenvalue weighted by atomic mass is 16.5. The Bertz CT molecular complexity index is 472. The highest BCUT2D eigenvalue weighted by Gasteiger charge is 2.34. The molecule has 4 rings (SSSR count). The van der Waals surface area contributed by atoms with Gasteiger partial charge in [0.1, 0.15) is 5.75 Å². The normalized spacial score (nSPS) is 29.4. The molecule has 1 N–H and O–H groups in total. The summed E-state index contributed by atoms with van der Waals surface area (Å²) in [7, 11) is 0. The van der Waals surface area contributed by atoms with E-state index in [1.54, 1.807) is 0 Å². The Kier molecular flexibility index (Phi) is 3.41. The molecule has 2 unspecified atom stereocenters. The van der Waals surface area contributed by atoms with Crippen molar-refractivity contribution in [1.29, 1.82) is 0 Å². The van der Waals surface area contributed by atoms with Crippen LogP contribution >= 0.6 is 0 Å².